The molecule has 2 aliphatic carbocycles. The van der Waals surface area contributed by atoms with Gasteiger partial charge in [0.2, 0.25) is 0 Å². The first-order chi connectivity index (χ1) is 9.35. The third-order valence-corrected chi connectivity index (χ3v) is 4.18. The second-order valence-corrected chi connectivity index (χ2v) is 5.52. The lowest BCUT2D eigenvalue weighted by molar-refractivity contribution is 0.654. The van der Waals surface area contributed by atoms with Gasteiger partial charge in [-0.15, -0.1) is 0 Å². The smallest absolute Gasteiger partial charge is 0.138 e. The standard InChI is InChI=1S/C16H17N3/c1-17-15-9-14(10-6-7-10)18-16(19-15)13-8-11-4-2-3-5-12(11)13/h2-5,9-10,13H,6-8H2,1H3,(H,17,18,19). The Balaban J connectivity index is 1.74. The van der Waals surface area contributed by atoms with Gasteiger partial charge in [-0.2, -0.15) is 0 Å². The van der Waals surface area contributed by atoms with Crippen molar-refractivity contribution < 1.29 is 0 Å². The van der Waals surface area contributed by atoms with Crippen molar-refractivity contribution in [3.63, 3.8) is 0 Å². The first kappa shape index (κ1) is 11.0. The molecule has 0 radical (unpaired) electrons. The van der Waals surface area contributed by atoms with Crippen LogP contribution >= 0.6 is 0 Å². The molecule has 2 aliphatic rings. The minimum atomic E-state index is 0.391. The van der Waals surface area contributed by atoms with Gasteiger partial charge in [0.1, 0.15) is 11.6 Å². The normalized spacial score (nSPS) is 20.6. The lowest BCUT2D eigenvalue weighted by Gasteiger charge is -2.29. The Bertz CT molecular complexity index is 632. The maximum absolute atomic E-state index is 4.81. The van der Waals surface area contributed by atoms with Crippen molar-refractivity contribution in [2.45, 2.75) is 31.1 Å². The average Bonchev–Trinajstić information content (AvgIpc) is 3.24. The Morgan fingerprint density at radius 1 is 1.16 bits per heavy atom. The van der Waals surface area contributed by atoms with Crippen molar-refractivity contribution in [3.05, 3.63) is 53.0 Å². The number of hydrogen-bond donors (Lipinski definition) is 1. The van der Waals surface area contributed by atoms with E-state index in [4.69, 9.17) is 4.98 Å². The van der Waals surface area contributed by atoms with E-state index >= 15 is 0 Å². The minimum absolute atomic E-state index is 0.391. The highest BCUT2D eigenvalue weighted by Crippen LogP contribution is 2.42. The number of aromatic nitrogens is 2. The summed E-state index contributed by atoms with van der Waals surface area (Å²) in [6.45, 7) is 0. The average molecular weight is 251 g/mol. The molecule has 96 valence electrons. The molecule has 0 saturated heterocycles. The molecule has 1 fully saturated rings. The van der Waals surface area contributed by atoms with Crippen LogP contribution in [-0.2, 0) is 6.42 Å². The summed E-state index contributed by atoms with van der Waals surface area (Å²) in [5.74, 6) is 3.01. The topological polar surface area (TPSA) is 37.8 Å². The third-order valence-electron chi connectivity index (χ3n) is 4.18. The summed E-state index contributed by atoms with van der Waals surface area (Å²) in [6, 6.07) is 10.7. The van der Waals surface area contributed by atoms with E-state index in [9.17, 15) is 0 Å². The molecule has 1 aromatic heterocycles. The van der Waals surface area contributed by atoms with Gasteiger partial charge in [0, 0.05) is 30.6 Å². The molecule has 0 spiro atoms. The molecular formula is C16H17N3. The SMILES string of the molecule is CNc1cc(C2CC2)nc(C2Cc3ccccc32)n1. The van der Waals surface area contributed by atoms with Crippen LogP contribution in [0, 0.1) is 0 Å². The Morgan fingerprint density at radius 3 is 2.74 bits per heavy atom. The lowest BCUT2D eigenvalue weighted by atomic mass is 9.77. The molecule has 3 nitrogen and oxygen atoms in total. The molecule has 1 saturated carbocycles. The molecule has 0 bridgehead atoms. The van der Waals surface area contributed by atoms with Crippen LogP contribution in [-0.4, -0.2) is 17.0 Å². The van der Waals surface area contributed by atoms with Crippen molar-refractivity contribution >= 4 is 5.82 Å². The molecule has 0 aliphatic heterocycles. The van der Waals surface area contributed by atoms with Crippen LogP contribution in [0.3, 0.4) is 0 Å². The summed E-state index contributed by atoms with van der Waals surface area (Å²) >= 11 is 0. The van der Waals surface area contributed by atoms with Gasteiger partial charge in [0.05, 0.1) is 0 Å². The monoisotopic (exact) mass is 251 g/mol. The molecular weight excluding hydrogens is 234 g/mol. The molecule has 19 heavy (non-hydrogen) atoms. The van der Waals surface area contributed by atoms with Gasteiger partial charge in [0.15, 0.2) is 0 Å². The van der Waals surface area contributed by atoms with Crippen LogP contribution in [0.25, 0.3) is 0 Å². The summed E-state index contributed by atoms with van der Waals surface area (Å²) in [5, 5.41) is 3.17. The molecule has 2 aromatic rings. The largest absolute Gasteiger partial charge is 0.373 e. The molecule has 1 atom stereocenters. The number of anilines is 1. The number of benzene rings is 1. The van der Waals surface area contributed by atoms with E-state index in [1.54, 1.807) is 0 Å². The maximum Gasteiger partial charge on any atom is 0.138 e. The fourth-order valence-corrected chi connectivity index (χ4v) is 2.85. The predicted molar refractivity (Wildman–Crippen MR) is 75.5 cm³/mol. The number of nitrogens with one attached hydrogen (secondary N) is 1. The number of rotatable bonds is 3. The Morgan fingerprint density at radius 2 is 2.00 bits per heavy atom. The highest BCUT2D eigenvalue weighted by molar-refractivity contribution is 5.46. The van der Waals surface area contributed by atoms with Crippen LogP contribution in [0.5, 0.6) is 0 Å². The van der Waals surface area contributed by atoms with E-state index in [0.29, 0.717) is 11.8 Å². The predicted octanol–water partition coefficient (Wildman–Crippen LogP) is 3.08. The fraction of sp³-hybridized carbons (Fsp3) is 0.375. The van der Waals surface area contributed by atoms with E-state index in [1.807, 2.05) is 7.05 Å². The second-order valence-electron chi connectivity index (χ2n) is 5.52. The van der Waals surface area contributed by atoms with Crippen LogP contribution in [0.4, 0.5) is 5.82 Å². The zero-order valence-electron chi connectivity index (χ0n) is 11.1. The molecule has 3 heteroatoms. The summed E-state index contributed by atoms with van der Waals surface area (Å²) in [5.41, 5.74) is 4.06. The van der Waals surface area contributed by atoms with Gasteiger partial charge < -0.3 is 5.32 Å². The first-order valence-corrected chi connectivity index (χ1v) is 6.99. The minimum Gasteiger partial charge on any atom is -0.373 e. The highest BCUT2D eigenvalue weighted by atomic mass is 15.0. The molecule has 1 N–H and O–H groups in total. The number of nitrogens with zero attached hydrogens (tertiary/aromatic N) is 2. The van der Waals surface area contributed by atoms with Crippen molar-refractivity contribution in [1.82, 2.24) is 9.97 Å². The van der Waals surface area contributed by atoms with Crippen molar-refractivity contribution in [1.29, 1.82) is 0 Å². The summed E-state index contributed by atoms with van der Waals surface area (Å²) in [7, 11) is 1.93. The van der Waals surface area contributed by atoms with E-state index in [0.717, 1.165) is 18.1 Å². The molecule has 4 rings (SSSR count). The lowest BCUT2D eigenvalue weighted by Crippen LogP contribution is -2.21. The number of hydrogen-bond acceptors (Lipinski definition) is 3. The van der Waals surface area contributed by atoms with Crippen molar-refractivity contribution in [3.8, 4) is 0 Å². The highest BCUT2D eigenvalue weighted by Gasteiger charge is 2.32. The Labute approximate surface area is 113 Å². The van der Waals surface area contributed by atoms with Gasteiger partial charge in [0.25, 0.3) is 0 Å². The summed E-state index contributed by atoms with van der Waals surface area (Å²) < 4.78 is 0. The second kappa shape index (κ2) is 4.05. The molecule has 1 heterocycles. The zero-order chi connectivity index (χ0) is 12.8. The van der Waals surface area contributed by atoms with E-state index < -0.39 is 0 Å². The molecule has 0 amide bonds. The first-order valence-electron chi connectivity index (χ1n) is 6.99. The van der Waals surface area contributed by atoms with E-state index in [1.165, 1.54) is 29.7 Å². The van der Waals surface area contributed by atoms with Crippen molar-refractivity contribution in [2.75, 3.05) is 12.4 Å². The Kier molecular flexibility index (Phi) is 2.34. The van der Waals surface area contributed by atoms with E-state index in [-0.39, 0.29) is 0 Å². The fourth-order valence-electron chi connectivity index (χ4n) is 2.85. The summed E-state index contributed by atoms with van der Waals surface area (Å²) in [4.78, 5) is 9.47. The van der Waals surface area contributed by atoms with Gasteiger partial charge >= 0.3 is 0 Å². The van der Waals surface area contributed by atoms with Crippen LogP contribution < -0.4 is 5.32 Å². The van der Waals surface area contributed by atoms with Crippen LogP contribution in [0.1, 0.15) is 47.3 Å². The maximum atomic E-state index is 4.81. The summed E-state index contributed by atoms with van der Waals surface area (Å²) in [6.07, 6.45) is 3.63. The van der Waals surface area contributed by atoms with Gasteiger partial charge in [-0.05, 0) is 30.4 Å². The van der Waals surface area contributed by atoms with Gasteiger partial charge in [-0.3, -0.25) is 0 Å². The van der Waals surface area contributed by atoms with Gasteiger partial charge in [-0.1, -0.05) is 24.3 Å². The zero-order valence-corrected chi connectivity index (χ0v) is 11.1. The quantitative estimate of drug-likeness (QED) is 0.911. The van der Waals surface area contributed by atoms with E-state index in [2.05, 4.69) is 40.6 Å². The molecule has 1 aromatic carbocycles. The third kappa shape index (κ3) is 1.81. The van der Waals surface area contributed by atoms with Gasteiger partial charge in [-0.25, -0.2) is 9.97 Å². The number of fused-ring (bicyclic) bond motifs is 1. The van der Waals surface area contributed by atoms with Crippen molar-refractivity contribution in [2.24, 2.45) is 0 Å². The Hall–Kier alpha value is -1.90. The van der Waals surface area contributed by atoms with Crippen LogP contribution in [0.2, 0.25) is 0 Å². The molecule has 1 unspecified atom stereocenters. The van der Waals surface area contributed by atoms with Crippen LogP contribution in [0.15, 0.2) is 30.3 Å².